The molecular weight excluding hydrogens is 398 g/mol. The molecule has 4 aromatic rings. The molecule has 0 spiro atoms. The van der Waals surface area contributed by atoms with Gasteiger partial charge in [-0.3, -0.25) is 9.35 Å². The molecule has 0 amide bonds. The number of rotatable bonds is 4. The van der Waals surface area contributed by atoms with Gasteiger partial charge in [0, 0.05) is 23.0 Å². The monoisotopic (exact) mass is 416 g/mol. The molecular formula is C19H18F2N6OS. The van der Waals surface area contributed by atoms with Crippen LogP contribution in [0, 0.1) is 0 Å². The van der Waals surface area contributed by atoms with Gasteiger partial charge in [0.2, 0.25) is 0 Å². The van der Waals surface area contributed by atoms with Gasteiger partial charge in [-0.05, 0) is 39.6 Å². The summed E-state index contributed by atoms with van der Waals surface area (Å²) >= 11 is 0. The van der Waals surface area contributed by atoms with E-state index in [1.807, 2.05) is 6.07 Å². The van der Waals surface area contributed by atoms with Gasteiger partial charge in [-0.2, -0.15) is 5.10 Å². The highest BCUT2D eigenvalue weighted by molar-refractivity contribution is 8.16. The maximum absolute atomic E-state index is 13.0. The van der Waals surface area contributed by atoms with Crippen LogP contribution in [0.5, 0.6) is 0 Å². The number of imidazole rings is 1. The van der Waals surface area contributed by atoms with Gasteiger partial charge in [0.05, 0.1) is 17.6 Å². The van der Waals surface area contributed by atoms with Crippen LogP contribution < -0.4 is 5.14 Å². The summed E-state index contributed by atoms with van der Waals surface area (Å²) in [5, 5.41) is 9.95. The van der Waals surface area contributed by atoms with E-state index in [0.29, 0.717) is 33.2 Å². The van der Waals surface area contributed by atoms with Crippen LogP contribution in [-0.4, -0.2) is 41.3 Å². The molecule has 0 fully saturated rings. The van der Waals surface area contributed by atoms with Crippen molar-refractivity contribution >= 4 is 14.9 Å². The van der Waals surface area contributed by atoms with Gasteiger partial charge in [0.25, 0.3) is 6.43 Å². The van der Waals surface area contributed by atoms with E-state index in [9.17, 15) is 13.0 Å². The van der Waals surface area contributed by atoms with Crippen LogP contribution in [-0.2, 0) is 9.25 Å². The molecule has 2 N–H and O–H groups in total. The van der Waals surface area contributed by atoms with Crippen LogP contribution in [0.3, 0.4) is 0 Å². The lowest BCUT2D eigenvalue weighted by molar-refractivity contribution is 0.144. The third kappa shape index (κ3) is 3.76. The molecule has 4 rings (SSSR count). The normalized spacial score (nSPS) is 13.5. The molecule has 150 valence electrons. The maximum atomic E-state index is 13.0. The number of nitrogens with two attached hydrogens (primary N) is 1. The molecule has 0 saturated heterocycles. The Kier molecular flexibility index (Phi) is 4.28. The summed E-state index contributed by atoms with van der Waals surface area (Å²) in [7, 11) is -3.42. The first-order valence-corrected chi connectivity index (χ1v) is 11.4. The molecule has 3 aromatic heterocycles. The van der Waals surface area contributed by atoms with Crippen molar-refractivity contribution in [3.05, 3.63) is 60.7 Å². The Labute approximate surface area is 165 Å². The van der Waals surface area contributed by atoms with Crippen molar-refractivity contribution in [1.29, 1.82) is 0 Å². The molecule has 0 aliphatic heterocycles. The summed E-state index contributed by atoms with van der Waals surface area (Å²) in [5.74, 6) is 0. The number of hydrogen-bond donors (Lipinski definition) is 1. The predicted molar refractivity (Wildman–Crippen MR) is 107 cm³/mol. The Morgan fingerprint density at radius 2 is 1.79 bits per heavy atom. The number of aromatic nitrogens is 5. The minimum absolute atomic E-state index is 0.353. The Balaban J connectivity index is 1.82. The first kappa shape index (κ1) is 19.2. The SMILES string of the molecule is CS(C)(N)(=O)c1cccc(-c2cc(-c3cnc4ccc(C(F)F)nn34)ncn2)c1. The van der Waals surface area contributed by atoms with Gasteiger partial charge < -0.3 is 0 Å². The first-order valence-electron chi connectivity index (χ1n) is 8.56. The molecule has 0 unspecified atom stereocenters. The third-order valence-electron chi connectivity index (χ3n) is 4.37. The summed E-state index contributed by atoms with van der Waals surface area (Å²) in [6, 6.07) is 11.4. The largest absolute Gasteiger partial charge is 0.282 e. The molecule has 3 heterocycles. The average Bonchev–Trinajstić information content (AvgIpc) is 3.10. The van der Waals surface area contributed by atoms with Crippen LogP contribution in [0.15, 0.2) is 59.9 Å². The quantitative estimate of drug-likeness (QED) is 0.551. The Bertz CT molecular complexity index is 1290. The molecule has 0 aliphatic carbocycles. The van der Waals surface area contributed by atoms with E-state index < -0.39 is 15.7 Å². The summed E-state index contributed by atoms with van der Waals surface area (Å²) in [5.41, 5.74) is 2.25. The van der Waals surface area contributed by atoms with Crippen molar-refractivity contribution in [2.75, 3.05) is 12.5 Å². The standard InChI is InChI=1S/C19H18F2N6OS/c1-29(2,22,28)13-5-3-4-12(8-13)15-9-16(25-11-24-15)17-10-23-18-7-6-14(19(20)21)26-27(17)18/h3-11,19H,1-2H3,(H2,22,28). The topological polar surface area (TPSA) is 99.1 Å². The summed E-state index contributed by atoms with van der Waals surface area (Å²) in [6.45, 7) is 0. The van der Waals surface area contributed by atoms with Crippen LogP contribution in [0.4, 0.5) is 8.78 Å². The van der Waals surface area contributed by atoms with E-state index in [1.165, 1.54) is 41.7 Å². The zero-order chi connectivity index (χ0) is 20.8. The minimum atomic E-state index is -3.42. The van der Waals surface area contributed by atoms with Crippen molar-refractivity contribution in [1.82, 2.24) is 24.6 Å². The smallest absolute Gasteiger partial charge is 0.268 e. The van der Waals surface area contributed by atoms with Gasteiger partial charge in [0.15, 0.2) is 5.65 Å². The second kappa shape index (κ2) is 6.46. The Morgan fingerprint density at radius 3 is 2.52 bits per heavy atom. The molecule has 29 heavy (non-hydrogen) atoms. The number of fused-ring (bicyclic) bond motifs is 1. The van der Waals surface area contributed by atoms with Gasteiger partial charge >= 0.3 is 0 Å². The van der Waals surface area contributed by atoms with E-state index in [-0.39, 0.29) is 5.69 Å². The van der Waals surface area contributed by atoms with Crippen molar-refractivity contribution in [2.24, 2.45) is 5.14 Å². The highest BCUT2D eigenvalue weighted by Crippen LogP contribution is 2.29. The van der Waals surface area contributed by atoms with Gasteiger partial charge in [-0.1, -0.05) is 12.1 Å². The lowest BCUT2D eigenvalue weighted by atomic mass is 10.1. The van der Waals surface area contributed by atoms with Crippen molar-refractivity contribution in [3.8, 4) is 22.6 Å². The van der Waals surface area contributed by atoms with Gasteiger partial charge in [-0.25, -0.2) is 28.2 Å². The fourth-order valence-corrected chi connectivity index (χ4v) is 3.83. The molecule has 0 saturated carbocycles. The van der Waals surface area contributed by atoms with Crippen molar-refractivity contribution in [2.45, 2.75) is 11.3 Å². The summed E-state index contributed by atoms with van der Waals surface area (Å²) < 4.78 is 40.1. The number of hydrogen-bond acceptors (Lipinski definition) is 5. The Hall–Kier alpha value is -3.11. The van der Waals surface area contributed by atoms with Crippen molar-refractivity contribution < 1.29 is 13.0 Å². The highest BCUT2D eigenvalue weighted by Gasteiger charge is 2.22. The lowest BCUT2D eigenvalue weighted by Gasteiger charge is -2.29. The van der Waals surface area contributed by atoms with Crippen molar-refractivity contribution in [3.63, 3.8) is 0 Å². The molecule has 0 aliphatic rings. The number of alkyl halides is 2. The molecule has 0 bridgehead atoms. The number of nitrogens with zero attached hydrogens (tertiary/aromatic N) is 5. The number of benzene rings is 1. The average molecular weight is 416 g/mol. The molecule has 7 nitrogen and oxygen atoms in total. The van der Waals surface area contributed by atoms with Gasteiger partial charge in [0.1, 0.15) is 17.7 Å². The van der Waals surface area contributed by atoms with E-state index in [1.54, 1.807) is 24.3 Å². The lowest BCUT2D eigenvalue weighted by Crippen LogP contribution is -2.39. The van der Waals surface area contributed by atoms with Crippen LogP contribution in [0.1, 0.15) is 12.1 Å². The van der Waals surface area contributed by atoms with E-state index in [0.717, 1.165) is 0 Å². The Morgan fingerprint density at radius 1 is 1.03 bits per heavy atom. The maximum Gasteiger partial charge on any atom is 0.282 e. The second-order valence-corrected chi connectivity index (χ2v) is 11.5. The molecule has 0 atom stereocenters. The molecule has 1 aromatic carbocycles. The summed E-state index contributed by atoms with van der Waals surface area (Å²) in [6.07, 6.45) is 3.20. The van der Waals surface area contributed by atoms with Crippen LogP contribution in [0.25, 0.3) is 28.3 Å². The van der Waals surface area contributed by atoms with E-state index in [4.69, 9.17) is 5.14 Å². The summed E-state index contributed by atoms with van der Waals surface area (Å²) in [4.78, 5) is 13.2. The third-order valence-corrected chi connectivity index (χ3v) is 6.03. The predicted octanol–water partition coefficient (Wildman–Crippen LogP) is 3.10. The highest BCUT2D eigenvalue weighted by atomic mass is 32.3. The van der Waals surface area contributed by atoms with E-state index in [2.05, 4.69) is 20.1 Å². The fourth-order valence-electron chi connectivity index (χ4n) is 2.87. The fraction of sp³-hybridized carbons (Fsp3) is 0.158. The second-order valence-electron chi connectivity index (χ2n) is 7.21. The minimum Gasteiger partial charge on any atom is -0.268 e. The zero-order valence-electron chi connectivity index (χ0n) is 15.7. The van der Waals surface area contributed by atoms with Gasteiger partial charge in [-0.15, -0.1) is 0 Å². The molecule has 0 radical (unpaired) electrons. The van der Waals surface area contributed by atoms with Crippen LogP contribution >= 0.6 is 0 Å². The van der Waals surface area contributed by atoms with Crippen LogP contribution in [0.2, 0.25) is 0 Å². The first-order chi connectivity index (χ1) is 13.6. The molecule has 10 heteroatoms. The van der Waals surface area contributed by atoms with E-state index >= 15 is 0 Å². The zero-order valence-corrected chi connectivity index (χ0v) is 16.5. The number of halogens is 2.